The van der Waals surface area contributed by atoms with E-state index in [2.05, 4.69) is 23.2 Å². The summed E-state index contributed by atoms with van der Waals surface area (Å²) < 4.78 is 0. The van der Waals surface area contributed by atoms with Crippen LogP contribution in [0, 0.1) is 5.92 Å². The Morgan fingerprint density at radius 3 is 2.94 bits per heavy atom. The van der Waals surface area contributed by atoms with E-state index < -0.39 is 0 Å². The van der Waals surface area contributed by atoms with Crippen LogP contribution in [0.3, 0.4) is 0 Å². The highest BCUT2D eigenvalue weighted by Gasteiger charge is 2.11. The van der Waals surface area contributed by atoms with Crippen LogP contribution in [0.2, 0.25) is 0 Å². The van der Waals surface area contributed by atoms with E-state index in [0.717, 1.165) is 17.3 Å². The van der Waals surface area contributed by atoms with E-state index in [1.807, 2.05) is 26.0 Å². The second-order valence-electron chi connectivity index (χ2n) is 4.46. The van der Waals surface area contributed by atoms with Crippen LogP contribution in [0.4, 0.5) is 0 Å². The fraction of sp³-hybridized carbons (Fsp3) is 0.333. The van der Waals surface area contributed by atoms with Crippen molar-refractivity contribution in [2.45, 2.75) is 26.7 Å². The van der Waals surface area contributed by atoms with Gasteiger partial charge in [0.2, 0.25) is 0 Å². The van der Waals surface area contributed by atoms with Gasteiger partial charge in [0.15, 0.2) is 0 Å². The molecule has 1 heterocycles. The van der Waals surface area contributed by atoms with Crippen LogP contribution in [0.25, 0.3) is 10.9 Å². The van der Waals surface area contributed by atoms with E-state index in [1.54, 1.807) is 6.20 Å². The number of nitrogens with zero attached hydrogens (tertiary/aromatic N) is 1. The Hall–Kier alpha value is -1.70. The Balaban J connectivity index is 2.22. The molecule has 0 aliphatic heterocycles. The SMILES string of the molecule is CCC(=O)C(C)Cc1ccc2ncccc2c1. The lowest BCUT2D eigenvalue weighted by Gasteiger charge is -2.09. The second-order valence-corrected chi connectivity index (χ2v) is 4.46. The molecule has 0 fully saturated rings. The minimum atomic E-state index is 0.106. The van der Waals surface area contributed by atoms with Gasteiger partial charge in [-0.2, -0.15) is 0 Å². The summed E-state index contributed by atoms with van der Waals surface area (Å²) in [5.74, 6) is 0.436. The van der Waals surface area contributed by atoms with Gasteiger partial charge >= 0.3 is 0 Å². The lowest BCUT2D eigenvalue weighted by molar-refractivity contribution is -0.122. The molecule has 0 radical (unpaired) electrons. The second kappa shape index (κ2) is 5.09. The van der Waals surface area contributed by atoms with Gasteiger partial charge < -0.3 is 0 Å². The molecule has 2 nitrogen and oxygen atoms in total. The Morgan fingerprint density at radius 1 is 1.35 bits per heavy atom. The summed E-state index contributed by atoms with van der Waals surface area (Å²) in [5.41, 5.74) is 2.21. The Kier molecular flexibility index (Phi) is 3.52. The van der Waals surface area contributed by atoms with E-state index in [4.69, 9.17) is 0 Å². The van der Waals surface area contributed by atoms with E-state index in [1.165, 1.54) is 5.56 Å². The van der Waals surface area contributed by atoms with Crippen LogP contribution >= 0.6 is 0 Å². The number of benzene rings is 1. The molecule has 0 N–H and O–H groups in total. The van der Waals surface area contributed by atoms with Crippen molar-refractivity contribution in [3.63, 3.8) is 0 Å². The van der Waals surface area contributed by atoms with Gasteiger partial charge in [-0.1, -0.05) is 26.0 Å². The number of carbonyl (C=O) groups excluding carboxylic acids is 1. The zero-order chi connectivity index (χ0) is 12.3. The average molecular weight is 227 g/mol. The molecule has 0 aliphatic rings. The zero-order valence-electron chi connectivity index (χ0n) is 10.3. The predicted molar refractivity (Wildman–Crippen MR) is 69.9 cm³/mol. The third kappa shape index (κ3) is 2.70. The quantitative estimate of drug-likeness (QED) is 0.801. The molecule has 1 aromatic carbocycles. The topological polar surface area (TPSA) is 30.0 Å². The monoisotopic (exact) mass is 227 g/mol. The van der Waals surface area contributed by atoms with Crippen molar-refractivity contribution in [2.75, 3.05) is 0 Å². The lowest BCUT2D eigenvalue weighted by Crippen LogP contribution is -2.12. The van der Waals surface area contributed by atoms with Crippen molar-refractivity contribution in [1.29, 1.82) is 0 Å². The Morgan fingerprint density at radius 2 is 2.18 bits per heavy atom. The van der Waals surface area contributed by atoms with Gasteiger partial charge in [0.25, 0.3) is 0 Å². The predicted octanol–water partition coefficient (Wildman–Crippen LogP) is 3.39. The van der Waals surface area contributed by atoms with Gasteiger partial charge in [0.05, 0.1) is 5.52 Å². The molecule has 0 saturated carbocycles. The van der Waals surface area contributed by atoms with Crippen LogP contribution in [0.15, 0.2) is 36.5 Å². The largest absolute Gasteiger partial charge is 0.299 e. The molecule has 2 rings (SSSR count). The van der Waals surface area contributed by atoms with Gasteiger partial charge in [-0.25, -0.2) is 0 Å². The molecule has 88 valence electrons. The van der Waals surface area contributed by atoms with Crippen LogP contribution in [0.1, 0.15) is 25.8 Å². The van der Waals surface area contributed by atoms with Gasteiger partial charge in [-0.15, -0.1) is 0 Å². The van der Waals surface area contributed by atoms with Crippen LogP contribution in [-0.2, 0) is 11.2 Å². The lowest BCUT2D eigenvalue weighted by atomic mass is 9.95. The molecule has 0 amide bonds. The third-order valence-electron chi connectivity index (χ3n) is 3.11. The summed E-state index contributed by atoms with van der Waals surface area (Å²) in [6.07, 6.45) is 3.24. The number of ketones is 1. The maximum atomic E-state index is 11.6. The zero-order valence-corrected chi connectivity index (χ0v) is 10.3. The van der Waals surface area contributed by atoms with Gasteiger partial charge in [0, 0.05) is 23.9 Å². The molecule has 0 bridgehead atoms. The normalized spacial score (nSPS) is 12.6. The third-order valence-corrected chi connectivity index (χ3v) is 3.11. The van der Waals surface area contributed by atoms with Gasteiger partial charge in [-0.3, -0.25) is 9.78 Å². The fourth-order valence-electron chi connectivity index (χ4n) is 2.07. The molecule has 0 spiro atoms. The summed E-state index contributed by atoms with van der Waals surface area (Å²) in [4.78, 5) is 15.9. The van der Waals surface area contributed by atoms with Crippen molar-refractivity contribution in [2.24, 2.45) is 5.92 Å². The summed E-state index contributed by atoms with van der Waals surface area (Å²) in [7, 11) is 0. The summed E-state index contributed by atoms with van der Waals surface area (Å²) in [6.45, 7) is 3.92. The van der Waals surface area contributed by atoms with Crippen LogP contribution < -0.4 is 0 Å². The molecule has 0 aliphatic carbocycles. The van der Waals surface area contributed by atoms with Crippen molar-refractivity contribution in [3.05, 3.63) is 42.1 Å². The highest BCUT2D eigenvalue weighted by atomic mass is 16.1. The summed E-state index contributed by atoms with van der Waals surface area (Å²) in [6, 6.07) is 10.2. The average Bonchev–Trinajstić information content (AvgIpc) is 2.37. The maximum Gasteiger partial charge on any atom is 0.135 e. The molecule has 1 unspecified atom stereocenters. The highest BCUT2D eigenvalue weighted by Crippen LogP contribution is 2.17. The van der Waals surface area contributed by atoms with Crippen molar-refractivity contribution in [1.82, 2.24) is 4.98 Å². The molecule has 0 saturated heterocycles. The van der Waals surface area contributed by atoms with Crippen LogP contribution in [0.5, 0.6) is 0 Å². The van der Waals surface area contributed by atoms with Gasteiger partial charge in [-0.05, 0) is 30.2 Å². The molecular formula is C15H17NO. The van der Waals surface area contributed by atoms with Crippen molar-refractivity contribution >= 4 is 16.7 Å². The first-order valence-corrected chi connectivity index (χ1v) is 6.07. The van der Waals surface area contributed by atoms with E-state index >= 15 is 0 Å². The first kappa shape index (κ1) is 11.8. The first-order valence-electron chi connectivity index (χ1n) is 6.07. The van der Waals surface area contributed by atoms with E-state index in [9.17, 15) is 4.79 Å². The van der Waals surface area contributed by atoms with Crippen molar-refractivity contribution in [3.8, 4) is 0 Å². The highest BCUT2D eigenvalue weighted by molar-refractivity contribution is 5.81. The smallest absolute Gasteiger partial charge is 0.135 e. The number of aromatic nitrogens is 1. The minimum absolute atomic E-state index is 0.106. The molecule has 1 aromatic heterocycles. The Labute approximate surface area is 102 Å². The summed E-state index contributed by atoms with van der Waals surface area (Å²) in [5, 5.41) is 1.14. The number of rotatable bonds is 4. The van der Waals surface area contributed by atoms with E-state index in [-0.39, 0.29) is 5.92 Å². The standard InChI is InChI=1S/C15H17NO/c1-3-15(17)11(2)9-12-6-7-14-13(10-12)5-4-8-16-14/h4-8,10-11H,3,9H2,1-2H3. The first-order chi connectivity index (χ1) is 8.20. The van der Waals surface area contributed by atoms with Crippen molar-refractivity contribution < 1.29 is 4.79 Å². The number of hydrogen-bond donors (Lipinski definition) is 0. The number of carbonyl (C=O) groups is 1. The minimum Gasteiger partial charge on any atom is -0.299 e. The number of Topliss-reactive ketones (excluding diaryl/α,β-unsaturated/α-hetero) is 1. The molecule has 1 atom stereocenters. The molecule has 17 heavy (non-hydrogen) atoms. The number of pyridine rings is 1. The molecule has 2 heteroatoms. The van der Waals surface area contributed by atoms with Crippen LogP contribution in [-0.4, -0.2) is 10.8 Å². The fourth-order valence-corrected chi connectivity index (χ4v) is 2.07. The molecule has 2 aromatic rings. The number of hydrogen-bond acceptors (Lipinski definition) is 2. The van der Waals surface area contributed by atoms with Gasteiger partial charge in [0.1, 0.15) is 5.78 Å². The maximum absolute atomic E-state index is 11.6. The van der Waals surface area contributed by atoms with E-state index in [0.29, 0.717) is 12.2 Å². The summed E-state index contributed by atoms with van der Waals surface area (Å²) >= 11 is 0. The Bertz CT molecular complexity index is 533. The molecular weight excluding hydrogens is 210 g/mol. The number of fused-ring (bicyclic) bond motifs is 1.